The Morgan fingerprint density at radius 1 is 0.931 bits per heavy atom. The van der Waals surface area contributed by atoms with Gasteiger partial charge in [-0.2, -0.15) is 0 Å². The monoisotopic (exact) mass is 393 g/mol. The Bertz CT molecular complexity index is 838. The van der Waals surface area contributed by atoms with Gasteiger partial charge in [0.15, 0.2) is 0 Å². The first-order chi connectivity index (χ1) is 14.0. The number of hydrogen-bond donors (Lipinski definition) is 3. The largest absolute Gasteiger partial charge is 0.376 e. The lowest BCUT2D eigenvalue weighted by atomic mass is 10.1. The van der Waals surface area contributed by atoms with E-state index in [1.807, 2.05) is 26.0 Å². The summed E-state index contributed by atoms with van der Waals surface area (Å²) in [4.78, 5) is 24.7. The summed E-state index contributed by atoms with van der Waals surface area (Å²) in [6.45, 7) is 4.25. The molecule has 0 aromatic heterocycles. The van der Waals surface area contributed by atoms with Crippen LogP contribution in [-0.2, 0) is 4.79 Å². The van der Waals surface area contributed by atoms with Crippen molar-refractivity contribution in [2.24, 2.45) is 0 Å². The third kappa shape index (κ3) is 6.34. The van der Waals surface area contributed by atoms with Crippen LogP contribution >= 0.6 is 0 Å². The summed E-state index contributed by atoms with van der Waals surface area (Å²) in [7, 11) is 0. The van der Waals surface area contributed by atoms with Gasteiger partial charge < -0.3 is 16.0 Å². The van der Waals surface area contributed by atoms with Crippen molar-refractivity contribution in [3.8, 4) is 0 Å². The maximum absolute atomic E-state index is 12.5. The molecule has 29 heavy (non-hydrogen) atoms. The zero-order valence-electron chi connectivity index (χ0n) is 17.4. The zero-order valence-corrected chi connectivity index (χ0v) is 17.4. The van der Waals surface area contributed by atoms with E-state index in [2.05, 4.69) is 22.0 Å². The Kier molecular flexibility index (Phi) is 7.28. The molecule has 1 aliphatic carbocycles. The molecular weight excluding hydrogens is 362 g/mol. The fraction of sp³-hybridized carbons (Fsp3) is 0.417. The summed E-state index contributed by atoms with van der Waals surface area (Å²) in [5.41, 5.74) is 4.57. The number of carbonyl (C=O) groups is 2. The lowest BCUT2D eigenvalue weighted by Gasteiger charge is -2.16. The first-order valence-corrected chi connectivity index (χ1v) is 10.5. The van der Waals surface area contributed by atoms with Crippen LogP contribution in [0, 0.1) is 13.8 Å². The smallest absolute Gasteiger partial charge is 0.251 e. The Morgan fingerprint density at radius 2 is 1.62 bits per heavy atom. The highest BCUT2D eigenvalue weighted by atomic mass is 16.2. The van der Waals surface area contributed by atoms with Gasteiger partial charge in [0.2, 0.25) is 5.91 Å². The predicted octanol–water partition coefficient (Wildman–Crippen LogP) is 4.81. The molecule has 0 bridgehead atoms. The summed E-state index contributed by atoms with van der Waals surface area (Å²) in [6, 6.07) is 13.4. The number of aryl methyl sites for hydroxylation is 2. The van der Waals surface area contributed by atoms with Gasteiger partial charge >= 0.3 is 0 Å². The van der Waals surface area contributed by atoms with E-state index in [9.17, 15) is 9.59 Å². The molecule has 1 fully saturated rings. The molecule has 1 saturated carbocycles. The number of carbonyl (C=O) groups excluding carboxylic acids is 2. The van der Waals surface area contributed by atoms with Crippen LogP contribution in [0.25, 0.3) is 0 Å². The lowest BCUT2D eigenvalue weighted by molar-refractivity contribution is -0.114. The predicted molar refractivity (Wildman–Crippen MR) is 118 cm³/mol. The van der Waals surface area contributed by atoms with Gasteiger partial charge in [0.05, 0.1) is 6.54 Å². The quantitative estimate of drug-likeness (QED) is 0.617. The van der Waals surface area contributed by atoms with Crippen molar-refractivity contribution in [3.05, 3.63) is 59.2 Å². The van der Waals surface area contributed by atoms with Gasteiger partial charge in [-0.1, -0.05) is 43.4 Å². The van der Waals surface area contributed by atoms with Gasteiger partial charge in [-0.3, -0.25) is 9.59 Å². The minimum absolute atomic E-state index is 0.0358. The summed E-state index contributed by atoms with van der Waals surface area (Å²) >= 11 is 0. The average molecular weight is 394 g/mol. The summed E-state index contributed by atoms with van der Waals surface area (Å²) < 4.78 is 0. The minimum Gasteiger partial charge on any atom is -0.376 e. The summed E-state index contributed by atoms with van der Waals surface area (Å²) in [5.74, 6) is -0.160. The highest BCUT2D eigenvalue weighted by molar-refractivity contribution is 5.96. The van der Waals surface area contributed by atoms with Crippen molar-refractivity contribution < 1.29 is 9.59 Å². The van der Waals surface area contributed by atoms with Gasteiger partial charge in [0, 0.05) is 23.0 Å². The molecule has 0 heterocycles. The van der Waals surface area contributed by atoms with Gasteiger partial charge in [-0.25, -0.2) is 0 Å². The van der Waals surface area contributed by atoms with Crippen LogP contribution in [0.3, 0.4) is 0 Å². The second-order valence-electron chi connectivity index (χ2n) is 7.96. The van der Waals surface area contributed by atoms with E-state index in [0.717, 1.165) is 24.1 Å². The minimum atomic E-state index is -0.124. The molecule has 2 aromatic rings. The number of anilines is 2. The molecule has 1 aliphatic rings. The van der Waals surface area contributed by atoms with Crippen molar-refractivity contribution in [1.29, 1.82) is 0 Å². The second kappa shape index (κ2) is 10.1. The van der Waals surface area contributed by atoms with Crippen molar-refractivity contribution in [3.63, 3.8) is 0 Å². The highest BCUT2D eigenvalue weighted by Gasteiger charge is 2.15. The topological polar surface area (TPSA) is 70.2 Å². The fourth-order valence-corrected chi connectivity index (χ4v) is 3.79. The van der Waals surface area contributed by atoms with Crippen LogP contribution in [-0.4, -0.2) is 24.4 Å². The number of rotatable bonds is 6. The number of nitrogens with one attached hydrogen (secondary N) is 3. The molecule has 154 valence electrons. The second-order valence-corrected chi connectivity index (χ2v) is 7.96. The maximum atomic E-state index is 12.5. The van der Waals surface area contributed by atoms with Gasteiger partial charge in [-0.15, -0.1) is 0 Å². The molecule has 0 radical (unpaired) electrons. The van der Waals surface area contributed by atoms with E-state index in [1.165, 1.54) is 31.2 Å². The molecule has 2 aromatic carbocycles. The molecule has 5 nitrogen and oxygen atoms in total. The van der Waals surface area contributed by atoms with Crippen molar-refractivity contribution in [2.75, 3.05) is 17.2 Å². The molecule has 0 atom stereocenters. The lowest BCUT2D eigenvalue weighted by Crippen LogP contribution is -2.34. The first-order valence-electron chi connectivity index (χ1n) is 10.5. The van der Waals surface area contributed by atoms with Crippen LogP contribution in [0.1, 0.15) is 60.0 Å². The fourth-order valence-electron chi connectivity index (χ4n) is 3.79. The van der Waals surface area contributed by atoms with Crippen molar-refractivity contribution >= 4 is 23.2 Å². The van der Waals surface area contributed by atoms with E-state index >= 15 is 0 Å². The van der Waals surface area contributed by atoms with Gasteiger partial charge in [0.25, 0.3) is 5.91 Å². The third-order valence-corrected chi connectivity index (χ3v) is 5.44. The average Bonchev–Trinajstić information content (AvgIpc) is 2.96. The van der Waals surface area contributed by atoms with E-state index < -0.39 is 0 Å². The van der Waals surface area contributed by atoms with Crippen LogP contribution < -0.4 is 16.0 Å². The van der Waals surface area contributed by atoms with E-state index in [1.54, 1.807) is 24.3 Å². The van der Waals surface area contributed by atoms with Crippen LogP contribution in [0.2, 0.25) is 0 Å². The van der Waals surface area contributed by atoms with E-state index in [0.29, 0.717) is 11.3 Å². The Balaban J connectivity index is 1.49. The maximum Gasteiger partial charge on any atom is 0.251 e. The summed E-state index contributed by atoms with van der Waals surface area (Å²) in [6.07, 6.45) is 7.02. The SMILES string of the molecule is Cc1ccc(NCC(=O)Nc2ccc(C(=O)NC3CCCCCC3)cc2)c(C)c1. The molecule has 0 saturated heterocycles. The zero-order chi connectivity index (χ0) is 20.6. The van der Waals surface area contributed by atoms with E-state index in [-0.39, 0.29) is 24.4 Å². The van der Waals surface area contributed by atoms with E-state index in [4.69, 9.17) is 0 Å². The molecular formula is C24H31N3O2. The van der Waals surface area contributed by atoms with Gasteiger partial charge in [-0.05, 0) is 62.6 Å². The Hall–Kier alpha value is -2.82. The van der Waals surface area contributed by atoms with Crippen molar-refractivity contribution in [1.82, 2.24) is 5.32 Å². The molecule has 3 N–H and O–H groups in total. The molecule has 5 heteroatoms. The number of benzene rings is 2. The number of amides is 2. The standard InChI is InChI=1S/C24H31N3O2/c1-17-9-14-22(18(2)15-17)25-16-23(28)26-21-12-10-19(11-13-21)24(29)27-20-7-5-3-4-6-8-20/h9-15,20,25H,3-8,16H2,1-2H3,(H,26,28)(H,27,29). The van der Waals surface area contributed by atoms with Crippen LogP contribution in [0.5, 0.6) is 0 Å². The Morgan fingerprint density at radius 3 is 2.28 bits per heavy atom. The van der Waals surface area contributed by atoms with Gasteiger partial charge in [0.1, 0.15) is 0 Å². The molecule has 0 unspecified atom stereocenters. The Labute approximate surface area is 173 Å². The third-order valence-electron chi connectivity index (χ3n) is 5.44. The molecule has 0 spiro atoms. The summed E-state index contributed by atoms with van der Waals surface area (Å²) in [5, 5.41) is 9.18. The molecule has 3 rings (SSSR count). The van der Waals surface area contributed by atoms with Crippen LogP contribution in [0.15, 0.2) is 42.5 Å². The number of hydrogen-bond acceptors (Lipinski definition) is 3. The first kappa shape index (κ1) is 20.9. The van der Waals surface area contributed by atoms with Crippen molar-refractivity contribution in [2.45, 2.75) is 58.4 Å². The van der Waals surface area contributed by atoms with Crippen LogP contribution in [0.4, 0.5) is 11.4 Å². The highest BCUT2D eigenvalue weighted by Crippen LogP contribution is 2.18. The molecule has 0 aliphatic heterocycles. The molecule has 2 amide bonds. The normalized spacial score (nSPS) is 14.7.